The lowest BCUT2D eigenvalue weighted by Crippen LogP contribution is -2.13. The van der Waals surface area contributed by atoms with Gasteiger partial charge in [-0.25, -0.2) is 0 Å². The number of phenols is 1. The van der Waals surface area contributed by atoms with Gasteiger partial charge in [0.1, 0.15) is 17.4 Å². The number of aryl methyl sites for hydroxylation is 1. The first-order valence-corrected chi connectivity index (χ1v) is 9.49. The lowest BCUT2D eigenvalue weighted by atomic mass is 10.1. The van der Waals surface area contributed by atoms with Gasteiger partial charge in [0.2, 0.25) is 0 Å². The van der Waals surface area contributed by atoms with Gasteiger partial charge in [0, 0.05) is 42.5 Å². The molecular formula is C24H24N4O2. The molecule has 0 atom stereocenters. The van der Waals surface area contributed by atoms with Crippen LogP contribution in [0.3, 0.4) is 0 Å². The van der Waals surface area contributed by atoms with Crippen LogP contribution in [0.1, 0.15) is 17.0 Å². The van der Waals surface area contributed by atoms with Crippen LogP contribution in [-0.4, -0.2) is 29.7 Å². The highest BCUT2D eigenvalue weighted by atomic mass is 16.3. The Labute approximate surface area is 176 Å². The summed E-state index contributed by atoms with van der Waals surface area (Å²) < 4.78 is 2.10. The Hall–Kier alpha value is -3.98. The fourth-order valence-corrected chi connectivity index (χ4v) is 3.28. The second kappa shape index (κ2) is 8.58. The van der Waals surface area contributed by atoms with Gasteiger partial charge in [0.25, 0.3) is 5.91 Å². The monoisotopic (exact) mass is 400 g/mol. The number of aromatic hydroxyl groups is 1. The van der Waals surface area contributed by atoms with Crippen molar-refractivity contribution in [3.05, 3.63) is 77.1 Å². The molecule has 0 saturated heterocycles. The van der Waals surface area contributed by atoms with Crippen LogP contribution in [0.15, 0.2) is 60.2 Å². The third-order valence-electron chi connectivity index (χ3n) is 4.88. The molecule has 0 unspecified atom stereocenters. The van der Waals surface area contributed by atoms with E-state index in [2.05, 4.69) is 22.0 Å². The molecule has 6 heteroatoms. The third kappa shape index (κ3) is 4.36. The molecule has 1 heterocycles. The molecule has 30 heavy (non-hydrogen) atoms. The van der Waals surface area contributed by atoms with E-state index >= 15 is 0 Å². The third-order valence-corrected chi connectivity index (χ3v) is 4.88. The number of nitrogens with one attached hydrogen (secondary N) is 1. The number of benzene rings is 2. The van der Waals surface area contributed by atoms with Crippen molar-refractivity contribution in [3.8, 4) is 17.5 Å². The second-order valence-corrected chi connectivity index (χ2v) is 7.24. The molecule has 0 aliphatic rings. The lowest BCUT2D eigenvalue weighted by Gasteiger charge is -2.14. The number of anilines is 2. The average molecular weight is 400 g/mol. The van der Waals surface area contributed by atoms with Crippen molar-refractivity contribution in [2.75, 3.05) is 24.3 Å². The molecule has 152 valence electrons. The van der Waals surface area contributed by atoms with Crippen molar-refractivity contribution in [2.24, 2.45) is 0 Å². The number of nitriles is 1. The molecule has 1 amide bonds. The summed E-state index contributed by atoms with van der Waals surface area (Å²) in [6, 6.07) is 18.2. The van der Waals surface area contributed by atoms with E-state index in [4.69, 9.17) is 0 Å². The quantitative estimate of drug-likeness (QED) is 0.378. The summed E-state index contributed by atoms with van der Waals surface area (Å²) in [5.74, 6) is -0.390. The van der Waals surface area contributed by atoms with Crippen LogP contribution in [0.25, 0.3) is 11.8 Å². The molecule has 0 bridgehead atoms. The van der Waals surface area contributed by atoms with Gasteiger partial charge in [0.05, 0.1) is 0 Å². The van der Waals surface area contributed by atoms with Crippen molar-refractivity contribution in [1.29, 1.82) is 5.26 Å². The van der Waals surface area contributed by atoms with Crippen LogP contribution >= 0.6 is 0 Å². The molecule has 2 N–H and O–H groups in total. The maximum Gasteiger partial charge on any atom is 0.266 e. The number of carbonyl (C=O) groups excluding carboxylic acids is 1. The molecule has 6 nitrogen and oxygen atoms in total. The summed E-state index contributed by atoms with van der Waals surface area (Å²) in [5.41, 5.74) is 5.39. The highest BCUT2D eigenvalue weighted by Crippen LogP contribution is 2.25. The maximum atomic E-state index is 12.5. The van der Waals surface area contributed by atoms with Gasteiger partial charge >= 0.3 is 0 Å². The lowest BCUT2D eigenvalue weighted by molar-refractivity contribution is -0.112. The topological polar surface area (TPSA) is 81.3 Å². The van der Waals surface area contributed by atoms with Crippen LogP contribution in [0.4, 0.5) is 11.4 Å². The maximum absolute atomic E-state index is 12.5. The Balaban J connectivity index is 1.90. The summed E-state index contributed by atoms with van der Waals surface area (Å²) in [7, 11) is 3.99. The standard InChI is InChI=1S/C24H24N4O2/c1-16-13-18(17(2)28(16)22-9-7-21(8-10-22)27(3)4)14-19(15-25)24(30)26-20-5-11-23(29)12-6-20/h5-14,29H,1-4H3,(H,26,30)/b19-14+. The molecule has 0 aliphatic heterocycles. The van der Waals surface area contributed by atoms with Gasteiger partial charge in [0.15, 0.2) is 0 Å². The van der Waals surface area contributed by atoms with Gasteiger partial charge in [-0.05, 0) is 80.1 Å². The van der Waals surface area contributed by atoms with E-state index < -0.39 is 5.91 Å². The van der Waals surface area contributed by atoms with Gasteiger partial charge in [-0.1, -0.05) is 0 Å². The highest BCUT2D eigenvalue weighted by Gasteiger charge is 2.14. The van der Waals surface area contributed by atoms with Crippen LogP contribution in [-0.2, 0) is 4.79 Å². The molecular weight excluding hydrogens is 376 g/mol. The number of hydrogen-bond donors (Lipinski definition) is 2. The normalized spacial score (nSPS) is 11.1. The van der Waals surface area contributed by atoms with Crippen LogP contribution in [0.2, 0.25) is 0 Å². The molecule has 0 saturated carbocycles. The minimum Gasteiger partial charge on any atom is -0.508 e. The number of nitrogens with zero attached hydrogens (tertiary/aromatic N) is 3. The van der Waals surface area contributed by atoms with Crippen molar-refractivity contribution < 1.29 is 9.90 Å². The van der Waals surface area contributed by atoms with Gasteiger partial charge in [-0.3, -0.25) is 4.79 Å². The Kier molecular flexibility index (Phi) is 5.93. The highest BCUT2D eigenvalue weighted by molar-refractivity contribution is 6.09. The van der Waals surface area contributed by atoms with Crippen LogP contribution in [0, 0.1) is 25.2 Å². The molecule has 3 rings (SSSR count). The second-order valence-electron chi connectivity index (χ2n) is 7.24. The predicted octanol–water partition coefficient (Wildman–Crippen LogP) is 4.41. The van der Waals surface area contributed by atoms with Crippen molar-refractivity contribution in [3.63, 3.8) is 0 Å². The summed E-state index contributed by atoms with van der Waals surface area (Å²) >= 11 is 0. The fraction of sp³-hybridized carbons (Fsp3) is 0.167. The largest absolute Gasteiger partial charge is 0.508 e. The minimum absolute atomic E-state index is 0.00582. The van der Waals surface area contributed by atoms with E-state index in [1.165, 1.54) is 12.1 Å². The number of hydrogen-bond acceptors (Lipinski definition) is 4. The SMILES string of the molecule is Cc1cc(/C=C(\C#N)C(=O)Nc2ccc(O)cc2)c(C)n1-c1ccc(N(C)C)cc1. The number of phenolic OH excluding ortho intramolecular Hbond substituents is 1. The Bertz CT molecular complexity index is 1130. The summed E-state index contributed by atoms with van der Waals surface area (Å²) in [6.45, 7) is 3.96. The molecule has 0 aliphatic carbocycles. The smallest absolute Gasteiger partial charge is 0.266 e. The first-order chi connectivity index (χ1) is 14.3. The Morgan fingerprint density at radius 1 is 1.10 bits per heavy atom. The molecule has 3 aromatic rings. The number of carbonyl (C=O) groups is 1. The molecule has 0 spiro atoms. The first kappa shape index (κ1) is 20.7. The Morgan fingerprint density at radius 3 is 2.30 bits per heavy atom. The Morgan fingerprint density at radius 2 is 1.73 bits per heavy atom. The zero-order valence-electron chi connectivity index (χ0n) is 17.5. The molecule has 0 fully saturated rings. The zero-order valence-corrected chi connectivity index (χ0v) is 17.5. The van der Waals surface area contributed by atoms with Crippen LogP contribution < -0.4 is 10.2 Å². The summed E-state index contributed by atoms with van der Waals surface area (Å²) in [5, 5.41) is 21.5. The molecule has 1 aromatic heterocycles. The van der Waals surface area contributed by atoms with E-state index in [0.29, 0.717) is 5.69 Å². The summed E-state index contributed by atoms with van der Waals surface area (Å²) in [6.07, 6.45) is 1.60. The molecule has 2 aromatic carbocycles. The first-order valence-electron chi connectivity index (χ1n) is 9.49. The van der Waals surface area contributed by atoms with Gasteiger partial charge in [-0.15, -0.1) is 0 Å². The van der Waals surface area contributed by atoms with E-state index in [-0.39, 0.29) is 11.3 Å². The van der Waals surface area contributed by atoms with Crippen LogP contribution in [0.5, 0.6) is 5.75 Å². The summed E-state index contributed by atoms with van der Waals surface area (Å²) in [4.78, 5) is 14.6. The van der Waals surface area contributed by atoms with E-state index in [1.807, 2.05) is 57.1 Å². The number of aromatic nitrogens is 1. The predicted molar refractivity (Wildman–Crippen MR) is 120 cm³/mol. The van der Waals surface area contributed by atoms with E-state index in [0.717, 1.165) is 28.3 Å². The van der Waals surface area contributed by atoms with Crippen molar-refractivity contribution in [2.45, 2.75) is 13.8 Å². The van der Waals surface area contributed by atoms with Gasteiger partial charge in [-0.2, -0.15) is 5.26 Å². The average Bonchev–Trinajstić information content (AvgIpc) is 3.00. The van der Waals surface area contributed by atoms with Gasteiger partial charge < -0.3 is 19.9 Å². The minimum atomic E-state index is -0.497. The molecule has 0 radical (unpaired) electrons. The number of rotatable bonds is 5. The van der Waals surface area contributed by atoms with Crippen molar-refractivity contribution >= 4 is 23.4 Å². The fourth-order valence-electron chi connectivity index (χ4n) is 3.28. The number of amides is 1. The van der Waals surface area contributed by atoms with E-state index in [1.54, 1.807) is 18.2 Å². The zero-order chi connectivity index (χ0) is 21.8. The van der Waals surface area contributed by atoms with E-state index in [9.17, 15) is 15.2 Å². The van der Waals surface area contributed by atoms with Crippen molar-refractivity contribution in [1.82, 2.24) is 4.57 Å².